The second-order valence-corrected chi connectivity index (χ2v) is 10.8. The molecule has 1 aromatic rings. The van der Waals surface area contributed by atoms with Crippen molar-refractivity contribution in [3.8, 4) is 5.75 Å². The summed E-state index contributed by atoms with van der Waals surface area (Å²) >= 11 is 0. The lowest BCUT2D eigenvalue weighted by atomic mass is 9.46. The smallest absolute Gasteiger partial charge is 0.123 e. The predicted octanol–water partition coefficient (Wildman–Crippen LogP) is 4.10. The van der Waals surface area contributed by atoms with Gasteiger partial charge in [0.05, 0.1) is 12.7 Å². The minimum absolute atomic E-state index is 0.295. The zero-order chi connectivity index (χ0) is 20.1. The summed E-state index contributed by atoms with van der Waals surface area (Å²) in [6.07, 6.45) is 9.71. The number of rotatable bonds is 7. The molecule has 2 N–H and O–H groups in total. The monoisotopic (exact) mass is 398 g/mol. The van der Waals surface area contributed by atoms with Crippen LogP contribution in [0.3, 0.4) is 0 Å². The molecule has 5 fully saturated rings. The summed E-state index contributed by atoms with van der Waals surface area (Å²) in [6, 6.07) is 7.13. The van der Waals surface area contributed by atoms with Gasteiger partial charge in [0.2, 0.25) is 0 Å². The number of hydrogen-bond donors (Lipinski definition) is 2. The van der Waals surface area contributed by atoms with Gasteiger partial charge in [0.1, 0.15) is 5.75 Å². The summed E-state index contributed by atoms with van der Waals surface area (Å²) in [7, 11) is 1.78. The molecule has 4 heteroatoms. The van der Waals surface area contributed by atoms with Crippen molar-refractivity contribution >= 4 is 0 Å². The van der Waals surface area contributed by atoms with Crippen molar-refractivity contribution in [1.29, 1.82) is 0 Å². The molecule has 6 rings (SSSR count). The van der Waals surface area contributed by atoms with Crippen LogP contribution in [0.5, 0.6) is 5.75 Å². The van der Waals surface area contributed by atoms with E-state index in [-0.39, 0.29) is 5.60 Å². The minimum atomic E-state index is -0.372. The lowest BCUT2D eigenvalue weighted by Crippen LogP contribution is -2.61. The van der Waals surface area contributed by atoms with Crippen molar-refractivity contribution in [2.45, 2.75) is 83.0 Å². The van der Waals surface area contributed by atoms with Crippen LogP contribution in [0.25, 0.3) is 0 Å². The van der Waals surface area contributed by atoms with Crippen molar-refractivity contribution in [1.82, 2.24) is 10.2 Å². The van der Waals surface area contributed by atoms with E-state index in [9.17, 15) is 5.11 Å². The first-order valence-electron chi connectivity index (χ1n) is 11.8. The Labute approximate surface area is 176 Å². The van der Waals surface area contributed by atoms with E-state index in [4.69, 9.17) is 4.74 Å². The van der Waals surface area contributed by atoms with Crippen LogP contribution in [0.1, 0.15) is 69.4 Å². The van der Waals surface area contributed by atoms with Crippen molar-refractivity contribution < 1.29 is 9.84 Å². The molecule has 0 radical (unpaired) electrons. The van der Waals surface area contributed by atoms with E-state index >= 15 is 0 Å². The van der Waals surface area contributed by atoms with Crippen LogP contribution in [0.2, 0.25) is 0 Å². The molecule has 4 nitrogen and oxygen atoms in total. The normalized spacial score (nSPS) is 37.2. The summed E-state index contributed by atoms with van der Waals surface area (Å²) < 4.78 is 5.64. The predicted molar refractivity (Wildman–Crippen MR) is 116 cm³/mol. The van der Waals surface area contributed by atoms with Gasteiger partial charge in [0.15, 0.2) is 0 Å². The molecule has 4 bridgehead atoms. The fourth-order valence-corrected chi connectivity index (χ4v) is 7.53. The standard InChI is InChI=1S/C25H38N2O2/c1-18(24-11-20-9-21(12-24)14-25(28,13-20)17-24)26-15-19-5-6-23(29-2)22(10-19)16-27-7-3-4-8-27/h5-6,10,18,20-21,26,28H,3-4,7-9,11-17H2,1-2H3. The molecule has 1 saturated heterocycles. The SMILES string of the molecule is COc1ccc(CNC(C)C23CC4CC(CC(O)(C4)C2)C3)cc1CN1CCCC1. The Morgan fingerprint density at radius 3 is 2.55 bits per heavy atom. The molecule has 160 valence electrons. The maximum atomic E-state index is 11.1. The number of nitrogens with zero attached hydrogens (tertiary/aromatic N) is 1. The zero-order valence-electron chi connectivity index (χ0n) is 18.3. The molecule has 1 aromatic carbocycles. The molecular weight excluding hydrogens is 360 g/mol. The second-order valence-electron chi connectivity index (χ2n) is 10.8. The molecular formula is C25H38N2O2. The van der Waals surface area contributed by atoms with Gasteiger partial charge in [-0.1, -0.05) is 6.07 Å². The lowest BCUT2D eigenvalue weighted by molar-refractivity contribution is -0.172. The van der Waals surface area contributed by atoms with E-state index < -0.39 is 0 Å². The Hall–Kier alpha value is -1.10. The van der Waals surface area contributed by atoms with Crippen LogP contribution < -0.4 is 10.1 Å². The second kappa shape index (κ2) is 7.55. The molecule has 3 unspecified atom stereocenters. The third kappa shape index (κ3) is 3.84. The van der Waals surface area contributed by atoms with Gasteiger partial charge in [0.25, 0.3) is 0 Å². The van der Waals surface area contributed by atoms with Gasteiger partial charge in [-0.15, -0.1) is 0 Å². The average molecular weight is 399 g/mol. The Balaban J connectivity index is 1.26. The van der Waals surface area contributed by atoms with Crippen LogP contribution in [-0.4, -0.2) is 41.8 Å². The molecule has 0 amide bonds. The maximum Gasteiger partial charge on any atom is 0.123 e. The Morgan fingerprint density at radius 1 is 1.17 bits per heavy atom. The van der Waals surface area contributed by atoms with Gasteiger partial charge in [-0.05, 0) is 106 Å². The van der Waals surface area contributed by atoms with E-state index in [0.29, 0.717) is 11.5 Å². The first-order valence-corrected chi connectivity index (χ1v) is 11.8. The van der Waals surface area contributed by atoms with E-state index in [2.05, 4.69) is 35.3 Å². The third-order valence-electron chi connectivity index (χ3n) is 8.54. The molecule has 4 saturated carbocycles. The van der Waals surface area contributed by atoms with E-state index in [0.717, 1.165) is 49.9 Å². The highest BCUT2D eigenvalue weighted by Gasteiger charge is 2.58. The Bertz CT molecular complexity index is 728. The molecule has 4 aliphatic carbocycles. The van der Waals surface area contributed by atoms with Crippen LogP contribution in [0.15, 0.2) is 18.2 Å². The van der Waals surface area contributed by atoms with Crippen molar-refractivity contribution in [3.63, 3.8) is 0 Å². The van der Waals surface area contributed by atoms with E-state index in [1.165, 1.54) is 56.3 Å². The summed E-state index contributed by atoms with van der Waals surface area (Å²) in [5.41, 5.74) is 2.58. The fourth-order valence-electron chi connectivity index (χ4n) is 7.53. The quantitative estimate of drug-likeness (QED) is 0.726. The summed E-state index contributed by atoms with van der Waals surface area (Å²) in [4.78, 5) is 2.54. The number of ether oxygens (including phenoxy) is 1. The van der Waals surface area contributed by atoms with Gasteiger partial charge in [-0.2, -0.15) is 0 Å². The van der Waals surface area contributed by atoms with Crippen LogP contribution in [0, 0.1) is 17.3 Å². The number of aliphatic hydroxyl groups is 1. The zero-order valence-corrected chi connectivity index (χ0v) is 18.3. The molecule has 1 heterocycles. The van der Waals surface area contributed by atoms with Crippen LogP contribution in [0.4, 0.5) is 0 Å². The molecule has 29 heavy (non-hydrogen) atoms. The van der Waals surface area contributed by atoms with Gasteiger partial charge in [0, 0.05) is 24.7 Å². The molecule has 1 aliphatic heterocycles. The lowest BCUT2D eigenvalue weighted by Gasteiger charge is -2.62. The molecule has 3 atom stereocenters. The summed E-state index contributed by atoms with van der Waals surface area (Å²) in [6.45, 7) is 6.67. The fraction of sp³-hybridized carbons (Fsp3) is 0.760. The van der Waals surface area contributed by atoms with Crippen molar-refractivity contribution in [2.24, 2.45) is 17.3 Å². The highest BCUT2D eigenvalue weighted by Crippen LogP contribution is 2.62. The first kappa shape index (κ1) is 19.8. The Kier molecular flexibility index (Phi) is 5.16. The number of hydrogen-bond acceptors (Lipinski definition) is 4. The molecule has 5 aliphatic rings. The Morgan fingerprint density at radius 2 is 1.90 bits per heavy atom. The summed E-state index contributed by atoms with van der Waals surface area (Å²) in [5, 5.41) is 15.0. The van der Waals surface area contributed by atoms with Crippen LogP contribution >= 0.6 is 0 Å². The molecule has 0 spiro atoms. The van der Waals surface area contributed by atoms with Crippen molar-refractivity contribution in [3.05, 3.63) is 29.3 Å². The van der Waals surface area contributed by atoms with Crippen molar-refractivity contribution in [2.75, 3.05) is 20.2 Å². The highest BCUT2D eigenvalue weighted by atomic mass is 16.5. The van der Waals surface area contributed by atoms with Gasteiger partial charge in [-0.3, -0.25) is 4.90 Å². The number of likely N-dealkylation sites (tertiary alicyclic amines) is 1. The average Bonchev–Trinajstić information content (AvgIpc) is 3.17. The van der Waals surface area contributed by atoms with Gasteiger partial charge in [-0.25, -0.2) is 0 Å². The summed E-state index contributed by atoms with van der Waals surface area (Å²) in [5.74, 6) is 2.51. The van der Waals surface area contributed by atoms with E-state index in [1.807, 2.05) is 0 Å². The minimum Gasteiger partial charge on any atom is -0.496 e. The molecule has 0 aromatic heterocycles. The van der Waals surface area contributed by atoms with Gasteiger partial charge < -0.3 is 15.2 Å². The first-order chi connectivity index (χ1) is 14.0. The van der Waals surface area contributed by atoms with Gasteiger partial charge >= 0.3 is 0 Å². The van der Waals surface area contributed by atoms with E-state index in [1.54, 1.807) is 7.11 Å². The number of nitrogens with one attached hydrogen (secondary N) is 1. The van der Waals surface area contributed by atoms with Crippen LogP contribution in [-0.2, 0) is 13.1 Å². The number of benzene rings is 1. The maximum absolute atomic E-state index is 11.1. The largest absolute Gasteiger partial charge is 0.496 e. The number of methoxy groups -OCH3 is 1. The topological polar surface area (TPSA) is 44.7 Å². The third-order valence-corrected chi connectivity index (χ3v) is 8.54. The highest BCUT2D eigenvalue weighted by molar-refractivity contribution is 5.37.